The zero-order chi connectivity index (χ0) is 14.7. The van der Waals surface area contributed by atoms with E-state index in [-0.39, 0.29) is 5.91 Å². The molecular formula is C16H23ClN2O. The topological polar surface area (TPSA) is 41.1 Å². The molecule has 1 aromatic rings. The normalized spacial score (nSPS) is 26.1. The van der Waals surface area contributed by atoms with E-state index in [1.807, 2.05) is 18.2 Å². The first-order valence-corrected chi connectivity index (χ1v) is 7.69. The van der Waals surface area contributed by atoms with Gasteiger partial charge < -0.3 is 10.6 Å². The Hall–Kier alpha value is -1.22. The SMILES string of the molecule is CC(=O)Nc1ccc(NC2C(C)CCCC2C)cc1Cl. The molecule has 2 atom stereocenters. The van der Waals surface area contributed by atoms with Gasteiger partial charge in [-0.3, -0.25) is 4.79 Å². The third-order valence-electron chi connectivity index (χ3n) is 4.16. The molecule has 110 valence electrons. The molecule has 0 spiro atoms. The van der Waals surface area contributed by atoms with Crippen LogP contribution >= 0.6 is 11.6 Å². The highest BCUT2D eigenvalue weighted by molar-refractivity contribution is 6.34. The fourth-order valence-electron chi connectivity index (χ4n) is 3.05. The van der Waals surface area contributed by atoms with Gasteiger partial charge in [0.05, 0.1) is 10.7 Å². The van der Waals surface area contributed by atoms with Crippen LogP contribution in [0.25, 0.3) is 0 Å². The largest absolute Gasteiger partial charge is 0.382 e. The van der Waals surface area contributed by atoms with Gasteiger partial charge in [-0.15, -0.1) is 0 Å². The summed E-state index contributed by atoms with van der Waals surface area (Å²) >= 11 is 6.21. The van der Waals surface area contributed by atoms with E-state index >= 15 is 0 Å². The van der Waals surface area contributed by atoms with Crippen molar-refractivity contribution in [1.82, 2.24) is 0 Å². The third-order valence-corrected chi connectivity index (χ3v) is 4.47. The van der Waals surface area contributed by atoms with Gasteiger partial charge in [0.15, 0.2) is 0 Å². The summed E-state index contributed by atoms with van der Waals surface area (Å²) in [4.78, 5) is 11.1. The fraction of sp³-hybridized carbons (Fsp3) is 0.562. The van der Waals surface area contributed by atoms with Crippen molar-refractivity contribution in [3.63, 3.8) is 0 Å². The number of halogens is 1. The Morgan fingerprint density at radius 2 is 1.90 bits per heavy atom. The van der Waals surface area contributed by atoms with Crippen LogP contribution in [-0.4, -0.2) is 11.9 Å². The molecule has 2 unspecified atom stereocenters. The zero-order valence-corrected chi connectivity index (χ0v) is 13.1. The van der Waals surface area contributed by atoms with Crippen LogP contribution in [0.4, 0.5) is 11.4 Å². The Morgan fingerprint density at radius 1 is 1.25 bits per heavy atom. The molecule has 4 heteroatoms. The van der Waals surface area contributed by atoms with Gasteiger partial charge in [-0.1, -0.05) is 31.9 Å². The molecule has 3 nitrogen and oxygen atoms in total. The predicted octanol–water partition coefficient (Wildman–Crippen LogP) is 4.54. The molecule has 0 heterocycles. The highest BCUT2D eigenvalue weighted by Crippen LogP contribution is 2.33. The van der Waals surface area contributed by atoms with Gasteiger partial charge in [-0.2, -0.15) is 0 Å². The summed E-state index contributed by atoms with van der Waals surface area (Å²) in [5.74, 6) is 1.24. The maximum absolute atomic E-state index is 11.1. The molecule has 0 aromatic heterocycles. The van der Waals surface area contributed by atoms with Crippen LogP contribution in [0.5, 0.6) is 0 Å². The van der Waals surface area contributed by atoms with Gasteiger partial charge in [0.25, 0.3) is 0 Å². The Balaban J connectivity index is 2.09. The number of benzene rings is 1. The second-order valence-corrected chi connectivity index (χ2v) is 6.34. The Morgan fingerprint density at radius 3 is 2.45 bits per heavy atom. The second-order valence-electron chi connectivity index (χ2n) is 5.93. The Kier molecular flexibility index (Phi) is 4.92. The molecule has 1 aliphatic rings. The quantitative estimate of drug-likeness (QED) is 0.859. The van der Waals surface area contributed by atoms with Crippen LogP contribution in [0.15, 0.2) is 18.2 Å². The maximum Gasteiger partial charge on any atom is 0.221 e. The molecule has 0 aliphatic heterocycles. The molecule has 1 aliphatic carbocycles. The molecule has 2 N–H and O–H groups in total. The maximum atomic E-state index is 11.1. The van der Waals surface area contributed by atoms with E-state index in [0.717, 1.165) is 5.69 Å². The second kappa shape index (κ2) is 6.49. The summed E-state index contributed by atoms with van der Waals surface area (Å²) in [7, 11) is 0. The lowest BCUT2D eigenvalue weighted by molar-refractivity contribution is -0.114. The highest BCUT2D eigenvalue weighted by atomic mass is 35.5. The van der Waals surface area contributed by atoms with Crippen LogP contribution in [0.1, 0.15) is 40.0 Å². The van der Waals surface area contributed by atoms with Crippen LogP contribution in [0.3, 0.4) is 0 Å². The first-order valence-electron chi connectivity index (χ1n) is 7.31. The van der Waals surface area contributed by atoms with Crippen LogP contribution < -0.4 is 10.6 Å². The van der Waals surface area contributed by atoms with E-state index in [9.17, 15) is 4.79 Å². The van der Waals surface area contributed by atoms with Gasteiger partial charge in [0, 0.05) is 18.7 Å². The lowest BCUT2D eigenvalue weighted by Gasteiger charge is -2.36. The van der Waals surface area contributed by atoms with E-state index in [1.54, 1.807) is 0 Å². The molecule has 20 heavy (non-hydrogen) atoms. The fourth-order valence-corrected chi connectivity index (χ4v) is 3.28. The van der Waals surface area contributed by atoms with Crippen molar-refractivity contribution in [1.29, 1.82) is 0 Å². The van der Waals surface area contributed by atoms with Crippen LogP contribution in [-0.2, 0) is 4.79 Å². The molecule has 0 bridgehead atoms. The van der Waals surface area contributed by atoms with Gasteiger partial charge in [-0.25, -0.2) is 0 Å². The standard InChI is InChI=1S/C16H23ClN2O/c1-10-5-4-6-11(2)16(10)19-13-7-8-15(14(17)9-13)18-12(3)20/h7-11,16,19H,4-6H2,1-3H3,(H,18,20). The lowest BCUT2D eigenvalue weighted by atomic mass is 9.78. The molecule has 2 rings (SSSR count). The Bertz CT molecular complexity index is 479. The summed E-state index contributed by atoms with van der Waals surface area (Å²) in [6, 6.07) is 6.21. The highest BCUT2D eigenvalue weighted by Gasteiger charge is 2.27. The minimum Gasteiger partial charge on any atom is -0.382 e. The number of anilines is 2. The van der Waals surface area contributed by atoms with Crippen molar-refractivity contribution in [3.05, 3.63) is 23.2 Å². The number of carbonyl (C=O) groups is 1. The number of nitrogens with one attached hydrogen (secondary N) is 2. The van der Waals surface area contributed by atoms with Crippen LogP contribution in [0.2, 0.25) is 5.02 Å². The summed E-state index contributed by atoms with van der Waals surface area (Å²) in [6.45, 7) is 6.09. The number of hydrogen-bond acceptors (Lipinski definition) is 2. The van der Waals surface area contributed by atoms with Crippen molar-refractivity contribution >= 4 is 28.9 Å². The molecule has 1 amide bonds. The van der Waals surface area contributed by atoms with Gasteiger partial charge in [0.2, 0.25) is 5.91 Å². The zero-order valence-electron chi connectivity index (χ0n) is 12.4. The predicted molar refractivity (Wildman–Crippen MR) is 85.3 cm³/mol. The van der Waals surface area contributed by atoms with Gasteiger partial charge in [-0.05, 0) is 42.9 Å². The van der Waals surface area contributed by atoms with Crippen molar-refractivity contribution in [2.75, 3.05) is 10.6 Å². The average molecular weight is 295 g/mol. The van der Waals surface area contributed by atoms with E-state index in [4.69, 9.17) is 11.6 Å². The molecule has 0 radical (unpaired) electrons. The summed E-state index contributed by atoms with van der Waals surface area (Å²) in [5.41, 5.74) is 1.68. The molecule has 1 aromatic carbocycles. The van der Waals surface area contributed by atoms with E-state index in [2.05, 4.69) is 24.5 Å². The first kappa shape index (κ1) is 15.2. The molecule has 1 saturated carbocycles. The van der Waals surface area contributed by atoms with Crippen molar-refractivity contribution < 1.29 is 4.79 Å². The van der Waals surface area contributed by atoms with Crippen molar-refractivity contribution in [2.45, 2.75) is 46.1 Å². The monoisotopic (exact) mass is 294 g/mol. The minimum atomic E-state index is -0.109. The number of hydrogen-bond donors (Lipinski definition) is 2. The van der Waals surface area contributed by atoms with E-state index in [0.29, 0.717) is 28.6 Å². The Labute approximate surface area is 126 Å². The molecule has 0 saturated heterocycles. The number of carbonyl (C=O) groups excluding carboxylic acids is 1. The lowest BCUT2D eigenvalue weighted by Crippen LogP contribution is -2.37. The van der Waals surface area contributed by atoms with Gasteiger partial charge in [0.1, 0.15) is 0 Å². The third kappa shape index (κ3) is 3.66. The number of amides is 1. The van der Waals surface area contributed by atoms with Crippen LogP contribution in [0, 0.1) is 11.8 Å². The molecular weight excluding hydrogens is 272 g/mol. The summed E-state index contributed by atoms with van der Waals surface area (Å²) < 4.78 is 0. The van der Waals surface area contributed by atoms with Crippen molar-refractivity contribution in [3.8, 4) is 0 Å². The average Bonchev–Trinajstić information content (AvgIpc) is 2.37. The molecule has 1 fully saturated rings. The van der Waals surface area contributed by atoms with Gasteiger partial charge >= 0.3 is 0 Å². The first-order chi connectivity index (χ1) is 9.47. The van der Waals surface area contributed by atoms with Crippen molar-refractivity contribution in [2.24, 2.45) is 11.8 Å². The smallest absolute Gasteiger partial charge is 0.221 e. The number of rotatable bonds is 3. The minimum absolute atomic E-state index is 0.109. The van der Waals surface area contributed by atoms with E-state index < -0.39 is 0 Å². The van der Waals surface area contributed by atoms with E-state index in [1.165, 1.54) is 26.2 Å². The summed E-state index contributed by atoms with van der Waals surface area (Å²) in [5, 5.41) is 6.90. The summed E-state index contributed by atoms with van der Waals surface area (Å²) in [6.07, 6.45) is 3.88.